The van der Waals surface area contributed by atoms with Gasteiger partial charge in [-0.05, 0) is 0 Å². The number of hydrogen-bond donors (Lipinski definition) is 0. The van der Waals surface area contributed by atoms with Crippen LogP contribution in [0.1, 0.15) is 32.1 Å². The summed E-state index contributed by atoms with van der Waals surface area (Å²) in [5, 5.41) is 0. The molecule has 0 aromatic carbocycles. The van der Waals surface area contributed by atoms with Crippen molar-refractivity contribution < 1.29 is 15.2 Å². The van der Waals surface area contributed by atoms with Crippen molar-refractivity contribution in [2.75, 3.05) is 0 Å². The van der Waals surface area contributed by atoms with E-state index in [1.54, 1.807) is 0 Å². The fourth-order valence-corrected chi connectivity index (χ4v) is 5.34. The van der Waals surface area contributed by atoms with Crippen molar-refractivity contribution in [3.63, 3.8) is 0 Å². The van der Waals surface area contributed by atoms with Gasteiger partial charge < -0.3 is 0 Å². The van der Waals surface area contributed by atoms with Gasteiger partial charge in [0.25, 0.3) is 0 Å². The Labute approximate surface area is 70.3 Å². The van der Waals surface area contributed by atoms with E-state index in [0.29, 0.717) is 0 Å². The van der Waals surface area contributed by atoms with Gasteiger partial charge in [0.15, 0.2) is 0 Å². The molecule has 0 spiro atoms. The molecule has 0 aromatic rings. The SMILES string of the molecule is [Cl][Pt]([Cl])[CH]1CCCCC1. The first kappa shape index (κ1) is 8.37. The third-order valence-electron chi connectivity index (χ3n) is 1.69. The average Bonchev–Trinajstić information content (AvgIpc) is 1.90. The molecule has 9 heavy (non-hydrogen) atoms. The van der Waals surface area contributed by atoms with Crippen LogP contribution in [0.15, 0.2) is 0 Å². The molecule has 1 aliphatic carbocycles. The van der Waals surface area contributed by atoms with Crippen molar-refractivity contribution in [2.45, 2.75) is 36.4 Å². The molecule has 0 heterocycles. The maximum absolute atomic E-state index is 5.88. The van der Waals surface area contributed by atoms with Gasteiger partial charge in [-0.2, -0.15) is 0 Å². The Morgan fingerprint density at radius 3 is 1.89 bits per heavy atom. The standard InChI is InChI=1S/C6H11.2ClH.Pt/c1-2-4-6-5-3-1;;;/h1H,2-6H2;2*1H;/q;;;+2/p-2. The molecule has 1 rings (SSSR count). The molecule has 0 aliphatic heterocycles. The van der Waals surface area contributed by atoms with Gasteiger partial charge in [0.05, 0.1) is 0 Å². The third-order valence-corrected chi connectivity index (χ3v) is 7.60. The van der Waals surface area contributed by atoms with E-state index in [-0.39, 0.29) is 0 Å². The predicted molar refractivity (Wildman–Crippen MR) is 38.5 cm³/mol. The maximum atomic E-state index is 5.88. The molecule has 0 unspecified atom stereocenters. The van der Waals surface area contributed by atoms with Crippen LogP contribution in [0.2, 0.25) is 4.31 Å². The fourth-order valence-electron chi connectivity index (χ4n) is 1.17. The molecule has 0 amide bonds. The summed E-state index contributed by atoms with van der Waals surface area (Å²) in [6, 6.07) is 0. The molecule has 3 heteroatoms. The Morgan fingerprint density at radius 1 is 1.00 bits per heavy atom. The van der Waals surface area contributed by atoms with E-state index in [1.807, 2.05) is 0 Å². The van der Waals surface area contributed by atoms with Gasteiger partial charge in [0.2, 0.25) is 0 Å². The molecule has 0 nitrogen and oxygen atoms in total. The Morgan fingerprint density at radius 2 is 1.56 bits per heavy atom. The number of rotatable bonds is 1. The fraction of sp³-hybridized carbons (Fsp3) is 1.00. The van der Waals surface area contributed by atoms with Gasteiger partial charge >= 0.3 is 70.5 Å². The van der Waals surface area contributed by atoms with Crippen LogP contribution in [0.3, 0.4) is 0 Å². The van der Waals surface area contributed by atoms with E-state index in [9.17, 15) is 0 Å². The van der Waals surface area contributed by atoms with E-state index in [0.717, 1.165) is 4.31 Å². The van der Waals surface area contributed by atoms with E-state index < -0.39 is 15.2 Å². The summed E-state index contributed by atoms with van der Waals surface area (Å²) in [5.41, 5.74) is 0. The van der Waals surface area contributed by atoms with Crippen molar-refractivity contribution in [1.29, 1.82) is 0 Å². The normalized spacial score (nSPS) is 24.0. The average molecular weight is 349 g/mol. The summed E-state index contributed by atoms with van der Waals surface area (Å²) in [4.78, 5) is 0. The van der Waals surface area contributed by atoms with Gasteiger partial charge in [-0.15, -0.1) is 0 Å². The second kappa shape index (κ2) is 4.21. The molecule has 0 aromatic heterocycles. The quantitative estimate of drug-likeness (QED) is 0.678. The zero-order chi connectivity index (χ0) is 6.69. The van der Waals surface area contributed by atoms with Crippen molar-refractivity contribution in [1.82, 2.24) is 0 Å². The topological polar surface area (TPSA) is 0 Å². The Kier molecular flexibility index (Phi) is 3.91. The molecule has 0 N–H and O–H groups in total. The van der Waals surface area contributed by atoms with Crippen LogP contribution in [0, 0.1) is 0 Å². The molecular weight excluding hydrogens is 338 g/mol. The molecule has 0 atom stereocenters. The van der Waals surface area contributed by atoms with Gasteiger partial charge in [-0.25, -0.2) is 0 Å². The molecule has 59 valence electrons. The minimum atomic E-state index is -1.47. The van der Waals surface area contributed by atoms with E-state index in [1.165, 1.54) is 32.1 Å². The van der Waals surface area contributed by atoms with E-state index >= 15 is 0 Å². The first-order chi connectivity index (χ1) is 4.30. The Balaban J connectivity index is 2.23. The predicted octanol–water partition coefficient (Wildman–Crippen LogP) is 3.66. The van der Waals surface area contributed by atoms with Crippen molar-refractivity contribution in [2.24, 2.45) is 0 Å². The van der Waals surface area contributed by atoms with Crippen LogP contribution in [-0.2, 0) is 15.2 Å². The molecule has 1 saturated carbocycles. The number of halogens is 2. The van der Waals surface area contributed by atoms with Crippen LogP contribution >= 0.6 is 18.8 Å². The Bertz CT molecular complexity index is 79.1. The summed E-state index contributed by atoms with van der Waals surface area (Å²) >= 11 is -1.47. The first-order valence-corrected chi connectivity index (χ1v) is 10.2. The second-order valence-corrected chi connectivity index (χ2v) is 10.8. The van der Waals surface area contributed by atoms with Gasteiger partial charge in [0.1, 0.15) is 0 Å². The van der Waals surface area contributed by atoms with Crippen molar-refractivity contribution in [3.05, 3.63) is 0 Å². The van der Waals surface area contributed by atoms with Gasteiger partial charge in [-0.3, -0.25) is 0 Å². The summed E-state index contributed by atoms with van der Waals surface area (Å²) < 4.78 is 0.743. The third kappa shape index (κ3) is 2.78. The van der Waals surface area contributed by atoms with Gasteiger partial charge in [0, 0.05) is 0 Å². The second-order valence-electron chi connectivity index (χ2n) is 2.37. The molecule has 0 bridgehead atoms. The van der Waals surface area contributed by atoms with Crippen molar-refractivity contribution >= 4 is 18.8 Å². The van der Waals surface area contributed by atoms with Crippen LogP contribution < -0.4 is 0 Å². The molecule has 0 radical (unpaired) electrons. The van der Waals surface area contributed by atoms with E-state index in [4.69, 9.17) is 18.8 Å². The zero-order valence-electron chi connectivity index (χ0n) is 5.19. The van der Waals surface area contributed by atoms with Crippen molar-refractivity contribution in [3.8, 4) is 0 Å². The molecule has 0 saturated heterocycles. The zero-order valence-corrected chi connectivity index (χ0v) is 8.97. The Hall–Kier alpha value is 1.27. The van der Waals surface area contributed by atoms with Crippen LogP contribution in [0.4, 0.5) is 0 Å². The summed E-state index contributed by atoms with van der Waals surface area (Å²) in [6.45, 7) is 0. The number of hydrogen-bond acceptors (Lipinski definition) is 0. The van der Waals surface area contributed by atoms with Crippen LogP contribution in [0.25, 0.3) is 0 Å². The van der Waals surface area contributed by atoms with Crippen LogP contribution in [-0.4, -0.2) is 0 Å². The van der Waals surface area contributed by atoms with Gasteiger partial charge in [-0.1, -0.05) is 0 Å². The summed E-state index contributed by atoms with van der Waals surface area (Å²) in [6.07, 6.45) is 6.72. The van der Waals surface area contributed by atoms with E-state index in [2.05, 4.69) is 0 Å². The molecule has 1 fully saturated rings. The summed E-state index contributed by atoms with van der Waals surface area (Å²) in [5.74, 6) is 0. The minimum absolute atomic E-state index is 0.743. The first-order valence-electron chi connectivity index (χ1n) is 3.24. The monoisotopic (exact) mass is 348 g/mol. The molecule has 1 aliphatic rings. The summed E-state index contributed by atoms with van der Waals surface area (Å²) in [7, 11) is 11.8. The van der Waals surface area contributed by atoms with Crippen LogP contribution in [0.5, 0.6) is 0 Å². The molecular formula is C6H11Cl2Pt.